The Morgan fingerprint density at radius 3 is 2.57 bits per heavy atom. The molecule has 0 N–H and O–H groups in total. The number of halogens is 1. The number of fused-ring (bicyclic) bond motifs is 2. The van der Waals surface area contributed by atoms with Crippen LogP contribution in [-0.4, -0.2) is 36.9 Å². The highest BCUT2D eigenvalue weighted by Gasteiger charge is 2.39. The number of rotatable bonds is 3. The Hall–Kier alpha value is -1.42. The van der Waals surface area contributed by atoms with Gasteiger partial charge in [-0.25, -0.2) is 4.39 Å². The van der Waals surface area contributed by atoms with Crippen LogP contribution >= 0.6 is 0 Å². The number of methoxy groups -OCH3 is 1. The first-order valence-corrected chi connectivity index (χ1v) is 7.70. The average Bonchev–Trinajstić information content (AvgIpc) is 2.47. The number of ketones is 1. The normalized spacial score (nSPS) is 29.2. The molecule has 0 aromatic heterocycles. The van der Waals surface area contributed by atoms with E-state index in [1.807, 2.05) is 0 Å². The molecule has 21 heavy (non-hydrogen) atoms. The number of ether oxygens (including phenoxy) is 1. The second kappa shape index (κ2) is 5.76. The van der Waals surface area contributed by atoms with E-state index >= 15 is 0 Å². The third kappa shape index (κ3) is 2.69. The summed E-state index contributed by atoms with van der Waals surface area (Å²) in [6, 6.07) is 5.35. The number of benzene rings is 1. The molecule has 114 valence electrons. The molecule has 2 saturated heterocycles. The van der Waals surface area contributed by atoms with E-state index in [1.165, 1.54) is 25.7 Å². The fourth-order valence-corrected chi connectivity index (χ4v) is 3.87. The van der Waals surface area contributed by atoms with E-state index in [0.717, 1.165) is 25.7 Å². The number of Topliss-reactive ketones (excluding diaryl/α,β-unsaturated/α-hetero) is 1. The Labute approximate surface area is 125 Å². The minimum absolute atomic E-state index is 0.0573. The lowest BCUT2D eigenvalue weighted by Crippen LogP contribution is -2.51. The van der Waals surface area contributed by atoms with Gasteiger partial charge in [-0.1, -0.05) is 6.42 Å². The molecular formula is C17H22FNO2. The van der Waals surface area contributed by atoms with Crippen molar-refractivity contribution in [2.24, 2.45) is 5.92 Å². The molecule has 0 amide bonds. The van der Waals surface area contributed by atoms with Crippen LogP contribution in [0.2, 0.25) is 0 Å². The van der Waals surface area contributed by atoms with Crippen molar-refractivity contribution in [1.82, 2.24) is 4.90 Å². The number of nitrogens with zero attached hydrogens (tertiary/aromatic N) is 1. The lowest BCUT2D eigenvalue weighted by molar-refractivity contribution is 0.0336. The molecule has 2 aliphatic rings. The van der Waals surface area contributed by atoms with Gasteiger partial charge >= 0.3 is 0 Å². The van der Waals surface area contributed by atoms with Crippen molar-refractivity contribution in [2.45, 2.75) is 44.2 Å². The van der Waals surface area contributed by atoms with E-state index in [1.54, 1.807) is 6.07 Å². The molecule has 2 atom stereocenters. The molecule has 0 spiro atoms. The highest BCUT2D eigenvalue weighted by atomic mass is 19.1. The standard InChI is InChI=1S/C17H22FNO2/c1-19-12-4-3-5-13(19)9-11(8-12)17(20)15-10-14(21-2)6-7-16(15)18/h6-7,10-13H,3-5,8-9H2,1-2H3. The molecule has 1 aromatic rings. The van der Waals surface area contributed by atoms with Gasteiger partial charge in [0.15, 0.2) is 5.78 Å². The van der Waals surface area contributed by atoms with Crippen LogP contribution in [-0.2, 0) is 0 Å². The van der Waals surface area contributed by atoms with Crippen LogP contribution in [0.5, 0.6) is 5.75 Å². The maximum atomic E-state index is 14.0. The quantitative estimate of drug-likeness (QED) is 0.800. The van der Waals surface area contributed by atoms with Crippen LogP contribution in [0.4, 0.5) is 4.39 Å². The Morgan fingerprint density at radius 2 is 1.95 bits per heavy atom. The van der Waals surface area contributed by atoms with Crippen LogP contribution in [0.1, 0.15) is 42.5 Å². The van der Waals surface area contributed by atoms with Gasteiger partial charge in [-0.3, -0.25) is 4.79 Å². The molecule has 0 aliphatic carbocycles. The zero-order chi connectivity index (χ0) is 15.0. The molecule has 3 rings (SSSR count). The number of hydrogen-bond donors (Lipinski definition) is 0. The first-order chi connectivity index (χ1) is 10.1. The molecule has 0 radical (unpaired) electrons. The van der Waals surface area contributed by atoms with Gasteiger partial charge < -0.3 is 9.64 Å². The fraction of sp³-hybridized carbons (Fsp3) is 0.588. The molecule has 2 unspecified atom stereocenters. The molecule has 3 nitrogen and oxygen atoms in total. The smallest absolute Gasteiger partial charge is 0.169 e. The third-order valence-corrected chi connectivity index (χ3v) is 5.15. The van der Waals surface area contributed by atoms with Crippen LogP contribution in [0.3, 0.4) is 0 Å². The van der Waals surface area contributed by atoms with Crippen molar-refractivity contribution in [3.05, 3.63) is 29.6 Å². The van der Waals surface area contributed by atoms with Crippen molar-refractivity contribution in [1.29, 1.82) is 0 Å². The van der Waals surface area contributed by atoms with E-state index in [9.17, 15) is 9.18 Å². The number of piperidine rings is 2. The summed E-state index contributed by atoms with van der Waals surface area (Å²) >= 11 is 0. The predicted octanol–water partition coefficient (Wildman–Crippen LogP) is 3.28. The van der Waals surface area contributed by atoms with E-state index in [2.05, 4.69) is 11.9 Å². The van der Waals surface area contributed by atoms with Gasteiger partial charge in [-0.15, -0.1) is 0 Å². The predicted molar refractivity (Wildman–Crippen MR) is 79.2 cm³/mol. The third-order valence-electron chi connectivity index (χ3n) is 5.15. The van der Waals surface area contributed by atoms with Gasteiger partial charge in [0.25, 0.3) is 0 Å². The fourth-order valence-electron chi connectivity index (χ4n) is 3.87. The SMILES string of the molecule is COc1ccc(F)c(C(=O)C2CC3CCCC(C2)N3C)c1. The van der Waals surface area contributed by atoms with Crippen LogP contribution < -0.4 is 4.74 Å². The Balaban J connectivity index is 1.82. The van der Waals surface area contributed by atoms with Crippen molar-refractivity contribution in [3.8, 4) is 5.75 Å². The summed E-state index contributed by atoms with van der Waals surface area (Å²) in [6.45, 7) is 0. The van der Waals surface area contributed by atoms with E-state index in [0.29, 0.717) is 17.8 Å². The zero-order valence-electron chi connectivity index (χ0n) is 12.6. The molecule has 0 saturated carbocycles. The van der Waals surface area contributed by atoms with Crippen LogP contribution in [0.25, 0.3) is 0 Å². The van der Waals surface area contributed by atoms with Crippen molar-refractivity contribution < 1.29 is 13.9 Å². The highest BCUT2D eigenvalue weighted by molar-refractivity contribution is 5.98. The Kier molecular flexibility index (Phi) is 3.98. The summed E-state index contributed by atoms with van der Waals surface area (Å²) in [5.41, 5.74) is 0.182. The summed E-state index contributed by atoms with van der Waals surface area (Å²) in [5, 5.41) is 0. The minimum atomic E-state index is -0.440. The second-order valence-corrected chi connectivity index (χ2v) is 6.28. The van der Waals surface area contributed by atoms with E-state index in [-0.39, 0.29) is 17.3 Å². The van der Waals surface area contributed by atoms with E-state index in [4.69, 9.17) is 4.74 Å². The average molecular weight is 291 g/mol. The van der Waals surface area contributed by atoms with Gasteiger partial charge in [-0.2, -0.15) is 0 Å². The lowest BCUT2D eigenvalue weighted by atomic mass is 9.76. The zero-order valence-corrected chi connectivity index (χ0v) is 12.6. The maximum absolute atomic E-state index is 14.0. The van der Waals surface area contributed by atoms with Gasteiger partial charge in [0.2, 0.25) is 0 Å². The van der Waals surface area contributed by atoms with Crippen LogP contribution in [0.15, 0.2) is 18.2 Å². The van der Waals surface area contributed by atoms with Gasteiger partial charge in [0.1, 0.15) is 11.6 Å². The molecule has 2 fully saturated rings. The molecule has 2 bridgehead atoms. The van der Waals surface area contributed by atoms with Crippen molar-refractivity contribution >= 4 is 5.78 Å². The summed E-state index contributed by atoms with van der Waals surface area (Å²) in [7, 11) is 3.68. The summed E-state index contributed by atoms with van der Waals surface area (Å²) in [5.74, 6) is -0.0211. The molecule has 1 aromatic carbocycles. The molecule has 2 aliphatic heterocycles. The van der Waals surface area contributed by atoms with E-state index < -0.39 is 5.82 Å². The van der Waals surface area contributed by atoms with Crippen molar-refractivity contribution in [2.75, 3.05) is 14.2 Å². The maximum Gasteiger partial charge on any atom is 0.169 e. The monoisotopic (exact) mass is 291 g/mol. The first-order valence-electron chi connectivity index (χ1n) is 7.70. The van der Waals surface area contributed by atoms with Gasteiger partial charge in [0.05, 0.1) is 12.7 Å². The number of carbonyl (C=O) groups is 1. The summed E-state index contributed by atoms with van der Waals surface area (Å²) in [6.07, 6.45) is 5.24. The molecule has 2 heterocycles. The topological polar surface area (TPSA) is 29.5 Å². The Bertz CT molecular complexity index is 532. The highest BCUT2D eigenvalue weighted by Crippen LogP contribution is 2.37. The largest absolute Gasteiger partial charge is 0.497 e. The van der Waals surface area contributed by atoms with Crippen LogP contribution in [0, 0.1) is 11.7 Å². The lowest BCUT2D eigenvalue weighted by Gasteiger charge is -2.46. The molecular weight excluding hydrogens is 269 g/mol. The Morgan fingerprint density at radius 1 is 1.29 bits per heavy atom. The van der Waals surface area contributed by atoms with Gasteiger partial charge in [-0.05, 0) is 50.9 Å². The summed E-state index contributed by atoms with van der Waals surface area (Å²) < 4.78 is 19.1. The number of hydrogen-bond acceptors (Lipinski definition) is 3. The second-order valence-electron chi connectivity index (χ2n) is 6.28. The molecule has 4 heteroatoms. The summed E-state index contributed by atoms with van der Waals surface area (Å²) in [4.78, 5) is 15.1. The van der Waals surface area contributed by atoms with Gasteiger partial charge in [0, 0.05) is 18.0 Å². The minimum Gasteiger partial charge on any atom is -0.497 e. The first kappa shape index (κ1) is 14.5. The van der Waals surface area contributed by atoms with Crippen molar-refractivity contribution in [3.63, 3.8) is 0 Å². The number of carbonyl (C=O) groups excluding carboxylic acids is 1.